The van der Waals surface area contributed by atoms with Crippen LogP contribution >= 0.6 is 11.3 Å². The first kappa shape index (κ1) is 18.0. The third kappa shape index (κ3) is 3.58. The van der Waals surface area contributed by atoms with Gasteiger partial charge in [0.15, 0.2) is 0 Å². The fourth-order valence-electron chi connectivity index (χ4n) is 3.45. The van der Waals surface area contributed by atoms with Crippen molar-refractivity contribution in [1.82, 2.24) is 20.1 Å². The molecule has 2 saturated heterocycles. The highest BCUT2D eigenvalue weighted by molar-refractivity contribution is 7.09. The summed E-state index contributed by atoms with van der Waals surface area (Å²) in [6.45, 7) is 1.72. The zero-order valence-corrected chi connectivity index (χ0v) is 15.3. The number of halogens is 1. The van der Waals surface area contributed by atoms with Gasteiger partial charge in [0.25, 0.3) is 0 Å². The monoisotopic (exact) mass is 390 g/mol. The molecule has 0 radical (unpaired) electrons. The minimum absolute atomic E-state index is 0.227. The lowest BCUT2D eigenvalue weighted by atomic mass is 10.0. The fraction of sp³-hybridized carbons (Fsp3) is 0.389. The van der Waals surface area contributed by atoms with Crippen LogP contribution < -0.4 is 5.32 Å². The number of hydrogen-bond donors (Lipinski definition) is 2. The second-order valence-corrected chi connectivity index (χ2v) is 7.60. The van der Waals surface area contributed by atoms with E-state index in [1.54, 1.807) is 17.0 Å². The predicted octanol–water partition coefficient (Wildman–Crippen LogP) is 0.453. The fourth-order valence-corrected chi connectivity index (χ4v) is 4.30. The van der Waals surface area contributed by atoms with E-state index in [4.69, 9.17) is 0 Å². The van der Waals surface area contributed by atoms with E-state index >= 15 is 0 Å². The van der Waals surface area contributed by atoms with Gasteiger partial charge in [0.2, 0.25) is 11.8 Å². The zero-order valence-electron chi connectivity index (χ0n) is 14.5. The van der Waals surface area contributed by atoms with Gasteiger partial charge in [0.05, 0.1) is 18.8 Å². The molecule has 2 fully saturated rings. The van der Waals surface area contributed by atoms with Gasteiger partial charge in [-0.2, -0.15) is 0 Å². The Morgan fingerprint density at radius 2 is 2.04 bits per heavy atom. The molecular weight excluding hydrogens is 371 g/mol. The van der Waals surface area contributed by atoms with E-state index in [9.17, 15) is 19.1 Å². The number of carbonyl (C=O) groups is 2. The minimum atomic E-state index is -0.836. The van der Waals surface area contributed by atoms with E-state index in [-0.39, 0.29) is 24.2 Å². The number of hydrogen-bond acceptors (Lipinski definition) is 6. The molecule has 2 aliphatic rings. The maximum Gasteiger partial charge on any atom is 0.248 e. The highest BCUT2D eigenvalue weighted by Crippen LogP contribution is 2.24. The molecule has 1 aromatic carbocycles. The largest absolute Gasteiger partial charge is 0.394 e. The van der Waals surface area contributed by atoms with Crippen LogP contribution in [0.5, 0.6) is 0 Å². The molecule has 0 saturated carbocycles. The number of amides is 2. The Hall–Kier alpha value is -2.36. The summed E-state index contributed by atoms with van der Waals surface area (Å²) in [4.78, 5) is 32.8. The minimum Gasteiger partial charge on any atom is -0.394 e. The molecular formula is C18H19FN4O3S. The molecule has 1 aromatic heterocycles. The lowest BCUT2D eigenvalue weighted by Crippen LogP contribution is -2.69. The molecule has 2 atom stereocenters. The standard InChI is InChI=1S/C18H19FN4O3S/c19-12-3-1-11(2-4-12)14-10-27-16(20-14)8-22-5-6-23-15(7-22)17(25)21-13(9-24)18(23)26/h1-4,10,13,15,24H,5-9H2,(H,21,25)/t13-,15-/m1/s1. The van der Waals surface area contributed by atoms with Crippen LogP contribution in [-0.2, 0) is 16.1 Å². The van der Waals surface area contributed by atoms with Crippen molar-refractivity contribution in [2.75, 3.05) is 26.2 Å². The average Bonchev–Trinajstić information content (AvgIpc) is 3.13. The molecule has 0 spiro atoms. The average molecular weight is 390 g/mol. The van der Waals surface area contributed by atoms with E-state index < -0.39 is 12.1 Å². The van der Waals surface area contributed by atoms with Crippen molar-refractivity contribution < 1.29 is 19.1 Å². The number of aliphatic hydroxyl groups is 1. The highest BCUT2D eigenvalue weighted by atomic mass is 32.1. The summed E-state index contributed by atoms with van der Waals surface area (Å²) in [7, 11) is 0. The second-order valence-electron chi connectivity index (χ2n) is 6.66. The molecule has 0 unspecified atom stereocenters. The van der Waals surface area contributed by atoms with Crippen LogP contribution in [0.1, 0.15) is 5.01 Å². The number of carbonyl (C=O) groups excluding carboxylic acids is 2. The molecule has 3 heterocycles. The molecule has 2 aliphatic heterocycles. The molecule has 2 amide bonds. The van der Waals surface area contributed by atoms with Gasteiger partial charge in [-0.15, -0.1) is 11.3 Å². The van der Waals surface area contributed by atoms with Crippen molar-refractivity contribution >= 4 is 23.2 Å². The molecule has 4 rings (SSSR count). The highest BCUT2D eigenvalue weighted by Gasteiger charge is 2.43. The summed E-state index contributed by atoms with van der Waals surface area (Å²) in [5.74, 6) is -0.741. The molecule has 2 N–H and O–H groups in total. The first-order valence-electron chi connectivity index (χ1n) is 8.69. The lowest BCUT2D eigenvalue weighted by Gasteiger charge is -2.44. The zero-order chi connectivity index (χ0) is 19.0. The summed E-state index contributed by atoms with van der Waals surface area (Å²) < 4.78 is 13.1. The van der Waals surface area contributed by atoms with Crippen LogP contribution in [0.4, 0.5) is 4.39 Å². The van der Waals surface area contributed by atoms with E-state index in [0.29, 0.717) is 26.2 Å². The Labute approximate surface area is 159 Å². The first-order valence-corrected chi connectivity index (χ1v) is 9.57. The van der Waals surface area contributed by atoms with Gasteiger partial charge in [-0.25, -0.2) is 9.37 Å². The number of benzene rings is 1. The van der Waals surface area contributed by atoms with E-state index in [2.05, 4.69) is 15.2 Å². The predicted molar refractivity (Wildman–Crippen MR) is 97.3 cm³/mol. The Balaban J connectivity index is 1.42. The van der Waals surface area contributed by atoms with Crippen molar-refractivity contribution in [2.45, 2.75) is 18.6 Å². The van der Waals surface area contributed by atoms with Gasteiger partial charge >= 0.3 is 0 Å². The quantitative estimate of drug-likeness (QED) is 0.792. The van der Waals surface area contributed by atoms with Crippen LogP contribution in [0.25, 0.3) is 11.3 Å². The third-order valence-corrected chi connectivity index (χ3v) is 5.73. The molecule has 2 aromatic rings. The summed E-state index contributed by atoms with van der Waals surface area (Å²) in [5.41, 5.74) is 1.65. The molecule has 0 bridgehead atoms. The van der Waals surface area contributed by atoms with Gasteiger partial charge in [-0.3, -0.25) is 14.5 Å². The number of nitrogens with zero attached hydrogens (tertiary/aromatic N) is 3. The summed E-state index contributed by atoms with van der Waals surface area (Å²) in [6.07, 6.45) is 0. The SMILES string of the molecule is O=C1N[C@H](CO)C(=O)N2CCN(Cc3nc(-c4ccc(F)cc4)cs3)C[C@H]12. The van der Waals surface area contributed by atoms with Gasteiger partial charge < -0.3 is 15.3 Å². The lowest BCUT2D eigenvalue weighted by molar-refractivity contribution is -0.154. The number of rotatable bonds is 4. The first-order chi connectivity index (χ1) is 13.0. The topological polar surface area (TPSA) is 85.8 Å². The second kappa shape index (κ2) is 7.34. The molecule has 7 nitrogen and oxygen atoms in total. The van der Waals surface area contributed by atoms with Gasteiger partial charge in [0, 0.05) is 30.6 Å². The Morgan fingerprint density at radius 1 is 1.26 bits per heavy atom. The number of thiazole rings is 1. The van der Waals surface area contributed by atoms with E-state index in [1.165, 1.54) is 23.5 Å². The van der Waals surface area contributed by atoms with Crippen molar-refractivity contribution in [1.29, 1.82) is 0 Å². The van der Waals surface area contributed by atoms with Crippen LogP contribution in [0.3, 0.4) is 0 Å². The summed E-state index contributed by atoms with van der Waals surface area (Å²) in [6, 6.07) is 4.84. The third-order valence-electron chi connectivity index (χ3n) is 4.90. The van der Waals surface area contributed by atoms with Crippen molar-refractivity contribution in [2.24, 2.45) is 0 Å². The van der Waals surface area contributed by atoms with Gasteiger partial charge in [-0.1, -0.05) is 0 Å². The van der Waals surface area contributed by atoms with Crippen molar-refractivity contribution in [3.05, 3.63) is 40.5 Å². The summed E-state index contributed by atoms with van der Waals surface area (Å²) in [5, 5.41) is 14.6. The van der Waals surface area contributed by atoms with E-state index in [1.807, 2.05) is 5.38 Å². The Kier molecular flexibility index (Phi) is 4.90. The number of fused-ring (bicyclic) bond motifs is 1. The Morgan fingerprint density at radius 3 is 2.78 bits per heavy atom. The van der Waals surface area contributed by atoms with Crippen molar-refractivity contribution in [3.63, 3.8) is 0 Å². The maximum absolute atomic E-state index is 13.1. The molecule has 9 heteroatoms. The summed E-state index contributed by atoms with van der Waals surface area (Å²) >= 11 is 1.52. The van der Waals surface area contributed by atoms with E-state index in [0.717, 1.165) is 16.3 Å². The van der Waals surface area contributed by atoms with Crippen LogP contribution in [-0.4, -0.2) is 70.0 Å². The van der Waals surface area contributed by atoms with Crippen LogP contribution in [0.2, 0.25) is 0 Å². The maximum atomic E-state index is 13.1. The van der Waals surface area contributed by atoms with Crippen LogP contribution in [0.15, 0.2) is 29.6 Å². The smallest absolute Gasteiger partial charge is 0.248 e. The van der Waals surface area contributed by atoms with Crippen molar-refractivity contribution in [3.8, 4) is 11.3 Å². The molecule has 142 valence electrons. The molecule has 0 aliphatic carbocycles. The molecule has 27 heavy (non-hydrogen) atoms. The number of piperazine rings is 2. The number of nitrogens with one attached hydrogen (secondary N) is 1. The van der Waals surface area contributed by atoms with Gasteiger partial charge in [0.1, 0.15) is 22.9 Å². The number of aliphatic hydroxyl groups excluding tert-OH is 1. The Bertz CT molecular complexity index is 857. The number of aromatic nitrogens is 1. The normalized spacial score (nSPS) is 23.3. The van der Waals surface area contributed by atoms with Gasteiger partial charge in [-0.05, 0) is 24.3 Å². The van der Waals surface area contributed by atoms with Crippen LogP contribution in [0, 0.1) is 5.82 Å².